The molecule has 1 aliphatic rings. The van der Waals surface area contributed by atoms with Crippen LogP contribution in [0.15, 0.2) is 35.9 Å². The molecule has 0 fully saturated rings. The number of hydrogen-bond acceptors (Lipinski definition) is 5. The molecule has 0 radical (unpaired) electrons. The number of carbonyl (C=O) groups excluding carboxylic acids is 2. The molecule has 5 nitrogen and oxygen atoms in total. The van der Waals surface area contributed by atoms with Crippen LogP contribution in [0.2, 0.25) is 0 Å². The van der Waals surface area contributed by atoms with Crippen LogP contribution in [-0.2, 0) is 19.1 Å². The van der Waals surface area contributed by atoms with Gasteiger partial charge in [-0.3, -0.25) is 9.69 Å². The first-order chi connectivity index (χ1) is 11.2. The number of esters is 2. The van der Waals surface area contributed by atoms with E-state index in [-0.39, 0.29) is 11.9 Å². The lowest BCUT2D eigenvalue weighted by molar-refractivity contribution is -0.143. The SMILES string of the molecule is CCOC(=O)CCN1CCC(c2ccccc2)=C(C(=O)OC)C1. The highest BCUT2D eigenvalue weighted by Crippen LogP contribution is 2.28. The molecule has 0 aromatic heterocycles. The molecule has 0 unspecified atom stereocenters. The maximum atomic E-state index is 12.1. The first-order valence-corrected chi connectivity index (χ1v) is 7.89. The first-order valence-electron chi connectivity index (χ1n) is 7.89. The molecular weight excluding hydrogens is 294 g/mol. The minimum atomic E-state index is -0.301. The molecule has 0 amide bonds. The van der Waals surface area contributed by atoms with E-state index >= 15 is 0 Å². The van der Waals surface area contributed by atoms with Crippen molar-refractivity contribution < 1.29 is 19.1 Å². The Morgan fingerprint density at radius 1 is 1.22 bits per heavy atom. The molecule has 2 rings (SSSR count). The van der Waals surface area contributed by atoms with Crippen molar-refractivity contribution in [2.24, 2.45) is 0 Å². The van der Waals surface area contributed by atoms with Gasteiger partial charge in [0.15, 0.2) is 0 Å². The lowest BCUT2D eigenvalue weighted by atomic mass is 9.93. The molecule has 0 atom stereocenters. The van der Waals surface area contributed by atoms with Gasteiger partial charge in [0.1, 0.15) is 0 Å². The largest absolute Gasteiger partial charge is 0.466 e. The van der Waals surface area contributed by atoms with Crippen LogP contribution in [0.25, 0.3) is 5.57 Å². The molecule has 0 aliphatic carbocycles. The molecule has 124 valence electrons. The summed E-state index contributed by atoms with van der Waals surface area (Å²) in [5, 5.41) is 0. The van der Waals surface area contributed by atoms with Gasteiger partial charge >= 0.3 is 11.9 Å². The molecule has 23 heavy (non-hydrogen) atoms. The number of rotatable bonds is 6. The predicted octanol–water partition coefficient (Wildman–Crippen LogP) is 2.27. The van der Waals surface area contributed by atoms with Gasteiger partial charge in [-0.15, -0.1) is 0 Å². The van der Waals surface area contributed by atoms with Gasteiger partial charge in [0.05, 0.1) is 25.7 Å². The van der Waals surface area contributed by atoms with E-state index in [0.717, 1.165) is 24.1 Å². The van der Waals surface area contributed by atoms with Gasteiger partial charge in [0.2, 0.25) is 0 Å². The standard InChI is InChI=1S/C18H23NO4/c1-3-23-17(20)10-12-19-11-9-15(14-7-5-4-6-8-14)16(13-19)18(21)22-2/h4-8H,3,9-13H2,1-2H3. The van der Waals surface area contributed by atoms with E-state index in [2.05, 4.69) is 4.90 Å². The number of nitrogens with zero attached hydrogens (tertiary/aromatic N) is 1. The summed E-state index contributed by atoms with van der Waals surface area (Å²) >= 11 is 0. The lowest BCUT2D eigenvalue weighted by Crippen LogP contribution is -2.35. The Bertz CT molecular complexity index is 580. The summed E-state index contributed by atoms with van der Waals surface area (Å²) in [5.41, 5.74) is 2.76. The van der Waals surface area contributed by atoms with Crippen LogP contribution < -0.4 is 0 Å². The van der Waals surface area contributed by atoms with Crippen LogP contribution in [0.1, 0.15) is 25.3 Å². The summed E-state index contributed by atoms with van der Waals surface area (Å²) in [4.78, 5) is 25.7. The average Bonchev–Trinajstić information content (AvgIpc) is 2.60. The highest BCUT2D eigenvalue weighted by Gasteiger charge is 2.25. The molecule has 1 heterocycles. The zero-order chi connectivity index (χ0) is 16.7. The Kier molecular flexibility index (Phi) is 6.35. The van der Waals surface area contributed by atoms with Gasteiger partial charge in [0.25, 0.3) is 0 Å². The molecule has 0 saturated carbocycles. The molecule has 1 aromatic rings. The summed E-state index contributed by atoms with van der Waals surface area (Å²) in [5.74, 6) is -0.505. The van der Waals surface area contributed by atoms with Gasteiger partial charge < -0.3 is 9.47 Å². The molecule has 1 aromatic carbocycles. The van der Waals surface area contributed by atoms with Crippen LogP contribution in [0, 0.1) is 0 Å². The van der Waals surface area contributed by atoms with Crippen LogP contribution in [0.4, 0.5) is 0 Å². The Morgan fingerprint density at radius 3 is 2.61 bits per heavy atom. The fraction of sp³-hybridized carbons (Fsp3) is 0.444. The highest BCUT2D eigenvalue weighted by molar-refractivity contribution is 5.98. The topological polar surface area (TPSA) is 55.8 Å². The van der Waals surface area contributed by atoms with E-state index in [1.54, 1.807) is 6.92 Å². The number of benzene rings is 1. The molecule has 0 spiro atoms. The van der Waals surface area contributed by atoms with E-state index in [4.69, 9.17) is 9.47 Å². The van der Waals surface area contributed by atoms with Crippen molar-refractivity contribution in [3.05, 3.63) is 41.5 Å². The zero-order valence-corrected chi connectivity index (χ0v) is 13.7. The van der Waals surface area contributed by atoms with E-state index < -0.39 is 0 Å². The van der Waals surface area contributed by atoms with Crippen molar-refractivity contribution in [2.75, 3.05) is 33.4 Å². The summed E-state index contributed by atoms with van der Waals surface area (Å²) < 4.78 is 9.89. The molecule has 0 N–H and O–H groups in total. The van der Waals surface area contributed by atoms with Crippen LogP contribution in [0.3, 0.4) is 0 Å². The number of hydrogen-bond donors (Lipinski definition) is 0. The molecule has 0 saturated heterocycles. The molecule has 1 aliphatic heterocycles. The highest BCUT2D eigenvalue weighted by atomic mass is 16.5. The Balaban J connectivity index is 2.11. The van der Waals surface area contributed by atoms with Crippen molar-refractivity contribution in [2.45, 2.75) is 19.8 Å². The first kappa shape index (κ1) is 17.2. The smallest absolute Gasteiger partial charge is 0.335 e. The molecule has 5 heteroatoms. The second-order valence-corrected chi connectivity index (χ2v) is 5.40. The van der Waals surface area contributed by atoms with Crippen molar-refractivity contribution >= 4 is 17.5 Å². The predicted molar refractivity (Wildman–Crippen MR) is 87.7 cm³/mol. The van der Waals surface area contributed by atoms with Crippen molar-refractivity contribution in [3.8, 4) is 0 Å². The minimum absolute atomic E-state index is 0.204. The summed E-state index contributed by atoms with van der Waals surface area (Å²) in [6, 6.07) is 9.89. The van der Waals surface area contributed by atoms with Crippen LogP contribution >= 0.6 is 0 Å². The van der Waals surface area contributed by atoms with E-state index in [0.29, 0.717) is 31.7 Å². The Hall–Kier alpha value is -2.14. The van der Waals surface area contributed by atoms with Gasteiger partial charge in [-0.05, 0) is 24.5 Å². The van der Waals surface area contributed by atoms with Gasteiger partial charge in [0, 0.05) is 19.6 Å². The van der Waals surface area contributed by atoms with Crippen molar-refractivity contribution in [1.29, 1.82) is 0 Å². The molecule has 0 bridgehead atoms. The fourth-order valence-electron chi connectivity index (χ4n) is 2.76. The third-order valence-corrected chi connectivity index (χ3v) is 3.92. The monoisotopic (exact) mass is 317 g/mol. The maximum Gasteiger partial charge on any atom is 0.335 e. The van der Waals surface area contributed by atoms with Gasteiger partial charge in [-0.25, -0.2) is 4.79 Å². The second kappa shape index (κ2) is 8.48. The van der Waals surface area contributed by atoms with Crippen LogP contribution in [0.5, 0.6) is 0 Å². The fourth-order valence-corrected chi connectivity index (χ4v) is 2.76. The van der Waals surface area contributed by atoms with E-state index in [1.807, 2.05) is 30.3 Å². The summed E-state index contributed by atoms with van der Waals surface area (Å²) in [6.45, 7) is 4.08. The average molecular weight is 317 g/mol. The number of methoxy groups -OCH3 is 1. The maximum absolute atomic E-state index is 12.1. The Morgan fingerprint density at radius 2 is 1.96 bits per heavy atom. The van der Waals surface area contributed by atoms with Crippen molar-refractivity contribution in [1.82, 2.24) is 4.90 Å². The lowest BCUT2D eigenvalue weighted by Gasteiger charge is -2.29. The van der Waals surface area contributed by atoms with E-state index in [9.17, 15) is 9.59 Å². The Labute approximate surface area is 136 Å². The second-order valence-electron chi connectivity index (χ2n) is 5.40. The quantitative estimate of drug-likeness (QED) is 0.753. The number of ether oxygens (including phenoxy) is 2. The normalized spacial score (nSPS) is 15.4. The summed E-state index contributed by atoms with van der Waals surface area (Å²) in [6.07, 6.45) is 1.10. The summed E-state index contributed by atoms with van der Waals surface area (Å²) in [7, 11) is 1.40. The van der Waals surface area contributed by atoms with Gasteiger partial charge in [-0.2, -0.15) is 0 Å². The number of carbonyl (C=O) groups is 2. The van der Waals surface area contributed by atoms with Gasteiger partial charge in [-0.1, -0.05) is 30.3 Å². The van der Waals surface area contributed by atoms with Crippen molar-refractivity contribution in [3.63, 3.8) is 0 Å². The minimum Gasteiger partial charge on any atom is -0.466 e. The third-order valence-electron chi connectivity index (χ3n) is 3.92. The van der Waals surface area contributed by atoms with E-state index in [1.165, 1.54) is 7.11 Å². The van der Waals surface area contributed by atoms with Crippen LogP contribution in [-0.4, -0.2) is 50.2 Å². The molecular formula is C18H23NO4. The zero-order valence-electron chi connectivity index (χ0n) is 13.7. The third kappa shape index (κ3) is 4.66.